The zero-order chi connectivity index (χ0) is 38.7. The van der Waals surface area contributed by atoms with Gasteiger partial charge in [0.05, 0.1) is 44.1 Å². The summed E-state index contributed by atoms with van der Waals surface area (Å²) in [5.41, 5.74) is 1.96. The van der Waals surface area contributed by atoms with E-state index in [1.165, 1.54) is 38.5 Å². The van der Waals surface area contributed by atoms with Gasteiger partial charge in [-0.15, -0.1) is 21.5 Å². The first-order valence-corrected chi connectivity index (χ1v) is 20.5. The van der Waals surface area contributed by atoms with Gasteiger partial charge in [-0.05, 0) is 55.9 Å². The third-order valence-electron chi connectivity index (χ3n) is 10.3. The molecule has 0 saturated heterocycles. The zero-order valence-corrected chi connectivity index (χ0v) is 35.1. The van der Waals surface area contributed by atoms with Crippen molar-refractivity contribution in [3.63, 3.8) is 0 Å². The maximum Gasteiger partial charge on any atom is 0.242 e. The van der Waals surface area contributed by atoms with E-state index in [9.17, 15) is 4.79 Å². The fourth-order valence-corrected chi connectivity index (χ4v) is 7.97. The van der Waals surface area contributed by atoms with Crippen molar-refractivity contribution in [2.75, 3.05) is 52.4 Å². The Hall–Kier alpha value is -3.86. The number of amides is 1. The zero-order valence-electron chi connectivity index (χ0n) is 34.3. The van der Waals surface area contributed by atoms with E-state index in [4.69, 9.17) is 19.3 Å². The molecular weight excluding hydrogens is 685 g/mol. The number of likely N-dealkylation sites (N-methyl/N-ethyl adjacent to an activating group) is 1. The lowest BCUT2D eigenvalue weighted by atomic mass is 9.91. The van der Waals surface area contributed by atoms with Gasteiger partial charge >= 0.3 is 0 Å². The molecule has 0 radical (unpaired) electrons. The first-order valence-electron chi connectivity index (χ1n) is 19.7. The van der Waals surface area contributed by atoms with Crippen molar-refractivity contribution in [2.45, 2.75) is 112 Å². The minimum absolute atomic E-state index is 0.230. The number of ether oxygens (including phenoxy) is 3. The van der Waals surface area contributed by atoms with Crippen molar-refractivity contribution < 1.29 is 19.0 Å². The Morgan fingerprint density at radius 3 is 2.09 bits per heavy atom. The van der Waals surface area contributed by atoms with Crippen LogP contribution in [0.4, 0.5) is 5.00 Å². The molecule has 53 heavy (non-hydrogen) atoms. The van der Waals surface area contributed by atoms with Gasteiger partial charge in [0.1, 0.15) is 5.75 Å². The maximum absolute atomic E-state index is 14.2. The van der Waals surface area contributed by atoms with Crippen molar-refractivity contribution in [3.8, 4) is 28.6 Å². The van der Waals surface area contributed by atoms with Crippen LogP contribution in [0.25, 0.3) is 23.1 Å². The number of carbonyl (C=O) groups excluding carboxylic acids is 1. The average Bonchev–Trinajstić information content (AvgIpc) is 3.89. The number of hydrogen-bond donors (Lipinski definition) is 0. The summed E-state index contributed by atoms with van der Waals surface area (Å²) < 4.78 is 18.7. The normalized spacial score (nSPS) is 13.4. The Morgan fingerprint density at radius 1 is 0.906 bits per heavy atom. The van der Waals surface area contributed by atoms with Crippen LogP contribution in [0.15, 0.2) is 24.3 Å². The molecular formula is C42H64N6O4S. The highest BCUT2D eigenvalue weighted by molar-refractivity contribution is 7.16. The molecule has 0 spiro atoms. The Labute approximate surface area is 321 Å². The van der Waals surface area contributed by atoms with Crippen LogP contribution in [-0.4, -0.2) is 78.1 Å². The SMILES string of the molecule is CCCCC(CC)CN(CC(CC)CCCC)C(=O)CN(CC)c1ccc(C=c2c(C(C)(C)C)nn3c(-c4cc(OC)cc(OC)c4OC)nnc23)s1. The molecule has 3 aromatic heterocycles. The van der Waals surface area contributed by atoms with E-state index in [1.54, 1.807) is 43.2 Å². The number of rotatable bonds is 21. The lowest BCUT2D eigenvalue weighted by molar-refractivity contribution is -0.131. The number of anilines is 1. The second kappa shape index (κ2) is 19.5. The molecule has 0 aliphatic heterocycles. The molecule has 0 N–H and O–H groups in total. The quantitative estimate of drug-likeness (QED) is 0.0835. The second-order valence-corrected chi connectivity index (χ2v) is 16.2. The summed E-state index contributed by atoms with van der Waals surface area (Å²) in [4.78, 5) is 19.7. The first kappa shape index (κ1) is 41.9. The molecule has 0 aliphatic carbocycles. The number of methoxy groups -OCH3 is 3. The predicted molar refractivity (Wildman–Crippen MR) is 219 cm³/mol. The van der Waals surface area contributed by atoms with Gasteiger partial charge < -0.3 is 24.0 Å². The minimum atomic E-state index is -0.271. The van der Waals surface area contributed by atoms with Gasteiger partial charge in [-0.1, -0.05) is 87.0 Å². The summed E-state index contributed by atoms with van der Waals surface area (Å²) in [6, 6.07) is 7.91. The summed E-state index contributed by atoms with van der Waals surface area (Å²) in [7, 11) is 4.82. The van der Waals surface area contributed by atoms with Crippen LogP contribution in [0.3, 0.4) is 0 Å². The van der Waals surface area contributed by atoms with Crippen molar-refractivity contribution in [2.24, 2.45) is 11.8 Å². The van der Waals surface area contributed by atoms with E-state index in [-0.39, 0.29) is 11.3 Å². The van der Waals surface area contributed by atoms with Crippen molar-refractivity contribution in [1.29, 1.82) is 0 Å². The van der Waals surface area contributed by atoms with Crippen LogP contribution in [0.5, 0.6) is 17.2 Å². The van der Waals surface area contributed by atoms with Gasteiger partial charge in [-0.25, -0.2) is 0 Å². The topological polar surface area (TPSA) is 94.3 Å². The molecule has 0 saturated carbocycles. The molecule has 10 nitrogen and oxygen atoms in total. The Morgan fingerprint density at radius 2 is 1.57 bits per heavy atom. The highest BCUT2D eigenvalue weighted by atomic mass is 32.1. The summed E-state index contributed by atoms with van der Waals surface area (Å²) >= 11 is 1.68. The molecule has 11 heteroatoms. The van der Waals surface area contributed by atoms with Crippen LogP contribution in [0.1, 0.15) is 117 Å². The van der Waals surface area contributed by atoms with E-state index < -0.39 is 0 Å². The summed E-state index contributed by atoms with van der Waals surface area (Å²) in [5.74, 6) is 3.51. The van der Waals surface area contributed by atoms with Crippen LogP contribution >= 0.6 is 11.3 Å². The predicted octanol–water partition coefficient (Wildman–Crippen LogP) is 8.81. The van der Waals surface area contributed by atoms with E-state index in [2.05, 4.69) is 93.6 Å². The number of thiophene rings is 1. The summed E-state index contributed by atoms with van der Waals surface area (Å²) in [5, 5.41) is 16.3. The fraction of sp³-hybridized carbons (Fsp3) is 0.619. The number of aromatic nitrogens is 4. The lowest BCUT2D eigenvalue weighted by Crippen LogP contribution is -2.44. The van der Waals surface area contributed by atoms with Crippen LogP contribution in [0.2, 0.25) is 0 Å². The molecule has 3 heterocycles. The largest absolute Gasteiger partial charge is 0.497 e. The number of carbonyl (C=O) groups is 1. The monoisotopic (exact) mass is 748 g/mol. The van der Waals surface area contributed by atoms with Crippen LogP contribution in [0, 0.1) is 11.8 Å². The summed E-state index contributed by atoms with van der Waals surface area (Å²) in [6.07, 6.45) is 11.5. The third kappa shape index (κ3) is 10.2. The third-order valence-corrected chi connectivity index (χ3v) is 11.4. The molecule has 2 unspecified atom stereocenters. The van der Waals surface area contributed by atoms with E-state index >= 15 is 0 Å². The van der Waals surface area contributed by atoms with Crippen molar-refractivity contribution in [3.05, 3.63) is 40.1 Å². The molecule has 292 valence electrons. The number of nitrogens with zero attached hydrogens (tertiary/aromatic N) is 6. The number of fused-ring (bicyclic) bond motifs is 1. The number of unbranched alkanes of at least 4 members (excludes halogenated alkanes) is 2. The number of hydrogen-bond acceptors (Lipinski definition) is 9. The second-order valence-electron chi connectivity index (χ2n) is 15.1. The molecule has 0 bridgehead atoms. The molecule has 1 amide bonds. The van der Waals surface area contributed by atoms with Gasteiger partial charge in [0.25, 0.3) is 0 Å². The van der Waals surface area contributed by atoms with Crippen LogP contribution < -0.4 is 24.3 Å². The highest BCUT2D eigenvalue weighted by Gasteiger charge is 2.27. The van der Waals surface area contributed by atoms with E-state index in [0.717, 1.165) is 53.3 Å². The molecule has 4 rings (SSSR count). The average molecular weight is 749 g/mol. The Kier molecular flexibility index (Phi) is 15.4. The standard InChI is InChI=1S/C42H64N6O4S/c1-12-17-19-29(14-3)26-47(27-30(15-4)20-18-13-2)36(49)28-46(16-5)37-22-21-32(53-37)25-34-39(42(6,7)8)45-48-40(43-44-41(34)48)33-23-31(50-9)24-35(51-10)38(33)52-11/h21-25,29-30H,12-20,26-28H2,1-11H3. The first-order chi connectivity index (χ1) is 25.5. The Bertz CT molecular complexity index is 1790. The van der Waals surface area contributed by atoms with Gasteiger partial charge in [0.2, 0.25) is 5.91 Å². The van der Waals surface area contributed by atoms with Gasteiger partial charge in [0.15, 0.2) is 23.0 Å². The number of benzene rings is 1. The summed E-state index contributed by atoms with van der Waals surface area (Å²) in [6.45, 7) is 20.5. The molecule has 0 aliphatic rings. The molecule has 4 aromatic rings. The van der Waals surface area contributed by atoms with Gasteiger partial charge in [0, 0.05) is 41.2 Å². The maximum atomic E-state index is 14.2. The van der Waals surface area contributed by atoms with Gasteiger partial charge in [-0.3, -0.25) is 4.79 Å². The Balaban J connectivity index is 1.69. The molecule has 1 aromatic carbocycles. The van der Waals surface area contributed by atoms with Gasteiger partial charge in [-0.2, -0.15) is 9.61 Å². The van der Waals surface area contributed by atoms with E-state index in [0.29, 0.717) is 52.7 Å². The molecule has 0 fully saturated rings. The highest BCUT2D eigenvalue weighted by Crippen LogP contribution is 2.41. The minimum Gasteiger partial charge on any atom is -0.497 e. The smallest absolute Gasteiger partial charge is 0.242 e. The van der Waals surface area contributed by atoms with E-state index in [1.807, 2.05) is 6.07 Å². The van der Waals surface area contributed by atoms with Crippen LogP contribution in [-0.2, 0) is 10.2 Å². The lowest BCUT2D eigenvalue weighted by Gasteiger charge is -2.33. The fourth-order valence-electron chi connectivity index (χ4n) is 6.96. The van der Waals surface area contributed by atoms with Crippen molar-refractivity contribution in [1.82, 2.24) is 24.7 Å². The van der Waals surface area contributed by atoms with Crippen molar-refractivity contribution >= 4 is 34.0 Å². The molecule has 2 atom stereocenters.